The van der Waals surface area contributed by atoms with Crippen molar-refractivity contribution in [3.05, 3.63) is 86.2 Å². The van der Waals surface area contributed by atoms with E-state index in [0.29, 0.717) is 39.9 Å². The summed E-state index contributed by atoms with van der Waals surface area (Å²) in [6.45, 7) is 3.91. The third-order valence-corrected chi connectivity index (χ3v) is 8.99. The second-order valence-corrected chi connectivity index (χ2v) is 11.2. The lowest BCUT2D eigenvalue weighted by molar-refractivity contribution is -0.152. The van der Waals surface area contributed by atoms with Crippen LogP contribution in [0.5, 0.6) is 11.5 Å². The maximum atomic E-state index is 14.4. The van der Waals surface area contributed by atoms with Gasteiger partial charge in [-0.1, -0.05) is 29.8 Å². The zero-order valence-corrected chi connectivity index (χ0v) is 23.0. The predicted molar refractivity (Wildman–Crippen MR) is 147 cm³/mol. The van der Waals surface area contributed by atoms with Gasteiger partial charge in [-0.25, -0.2) is 0 Å². The number of esters is 1. The van der Waals surface area contributed by atoms with Gasteiger partial charge >= 0.3 is 5.97 Å². The lowest BCUT2D eigenvalue weighted by Crippen LogP contribution is -2.46. The van der Waals surface area contributed by atoms with Crippen LogP contribution in [0, 0.1) is 12.8 Å². The zero-order chi connectivity index (χ0) is 27.3. The third kappa shape index (κ3) is 4.41. The van der Waals surface area contributed by atoms with Crippen LogP contribution in [-0.2, 0) is 19.1 Å². The number of anilines is 1. The van der Waals surface area contributed by atoms with Crippen LogP contribution >= 0.6 is 22.9 Å². The minimum Gasteiger partial charge on any atom is -0.465 e. The summed E-state index contributed by atoms with van der Waals surface area (Å²) >= 11 is 7.95. The van der Waals surface area contributed by atoms with Gasteiger partial charge in [0.25, 0.3) is 0 Å². The average Bonchev–Trinajstić information content (AvgIpc) is 3.62. The summed E-state index contributed by atoms with van der Waals surface area (Å²) in [5, 5.41) is 2.45. The van der Waals surface area contributed by atoms with Gasteiger partial charge in [-0.2, -0.15) is 0 Å². The molecule has 0 saturated heterocycles. The number of allylic oxidation sites excluding steroid dienone is 2. The van der Waals surface area contributed by atoms with Crippen LogP contribution in [0.2, 0.25) is 5.02 Å². The predicted octanol–water partition coefficient (Wildman–Crippen LogP) is 6.15. The Labute approximate surface area is 234 Å². The molecule has 0 saturated carbocycles. The normalized spacial score (nSPS) is 22.2. The van der Waals surface area contributed by atoms with E-state index < -0.39 is 23.7 Å². The Morgan fingerprint density at radius 3 is 2.67 bits per heavy atom. The molecular formula is C30H26ClNO6S. The Bertz CT molecular complexity index is 1510. The number of rotatable bonds is 5. The van der Waals surface area contributed by atoms with Crippen LogP contribution in [0.15, 0.2) is 65.2 Å². The highest BCUT2D eigenvalue weighted by Crippen LogP contribution is 2.51. The molecule has 0 fully saturated rings. The molecule has 1 aromatic heterocycles. The summed E-state index contributed by atoms with van der Waals surface area (Å²) in [6.07, 6.45) is 0.373. The van der Waals surface area contributed by atoms with Crippen LogP contribution < -0.4 is 14.4 Å². The molecule has 2 aliphatic heterocycles. The van der Waals surface area contributed by atoms with Gasteiger partial charge in [-0.15, -0.1) is 11.3 Å². The summed E-state index contributed by atoms with van der Waals surface area (Å²) in [7, 11) is 0. The second kappa shape index (κ2) is 10.2. The third-order valence-electron chi connectivity index (χ3n) is 7.58. The van der Waals surface area contributed by atoms with Crippen LogP contribution in [0.1, 0.15) is 47.6 Å². The molecule has 9 heteroatoms. The number of hydrogen-bond acceptors (Lipinski definition) is 7. The number of aryl methyl sites for hydroxylation is 1. The number of hydrogen-bond donors (Lipinski definition) is 0. The number of carbonyl (C=O) groups excluding carboxylic acids is 3. The number of nitrogens with zero attached hydrogens (tertiary/aromatic N) is 1. The van der Waals surface area contributed by atoms with E-state index in [-0.39, 0.29) is 31.5 Å². The van der Waals surface area contributed by atoms with E-state index in [4.69, 9.17) is 25.8 Å². The number of benzene rings is 2. The quantitative estimate of drug-likeness (QED) is 0.273. The minimum atomic E-state index is -1.00. The molecule has 3 atom stereocenters. The van der Waals surface area contributed by atoms with Crippen molar-refractivity contribution in [3.63, 3.8) is 0 Å². The fourth-order valence-corrected chi connectivity index (χ4v) is 6.78. The molecule has 2 aromatic carbocycles. The SMILES string of the molecule is CCOC(=O)[C@H]1C(=O)C2=C(C[C@@H]1c1cccs1)N(c1ccc(C)c(Cl)c1)C(=O)C[C@H]2c1ccc2c(c1)OCO2. The number of fused-ring (bicyclic) bond motifs is 1. The fourth-order valence-electron chi connectivity index (χ4n) is 5.74. The topological polar surface area (TPSA) is 82.1 Å². The van der Waals surface area contributed by atoms with Crippen molar-refractivity contribution in [1.29, 1.82) is 0 Å². The maximum absolute atomic E-state index is 14.4. The Balaban J connectivity index is 1.55. The number of thiophene rings is 1. The highest BCUT2D eigenvalue weighted by molar-refractivity contribution is 7.10. The highest BCUT2D eigenvalue weighted by Gasteiger charge is 2.50. The lowest BCUT2D eigenvalue weighted by Gasteiger charge is -2.42. The summed E-state index contributed by atoms with van der Waals surface area (Å²) in [4.78, 5) is 44.1. The minimum absolute atomic E-state index is 0.0505. The van der Waals surface area contributed by atoms with Crippen molar-refractivity contribution < 1.29 is 28.6 Å². The van der Waals surface area contributed by atoms with Crippen LogP contribution in [-0.4, -0.2) is 31.1 Å². The van der Waals surface area contributed by atoms with Gasteiger partial charge in [0.1, 0.15) is 5.92 Å². The molecule has 3 heterocycles. The summed E-state index contributed by atoms with van der Waals surface area (Å²) < 4.78 is 16.5. The summed E-state index contributed by atoms with van der Waals surface area (Å²) in [5.74, 6) is -1.83. The van der Waals surface area contributed by atoms with E-state index in [2.05, 4.69) is 0 Å². The molecule has 200 valence electrons. The number of carbonyl (C=O) groups is 3. The molecular weight excluding hydrogens is 538 g/mol. The molecule has 0 bridgehead atoms. The van der Waals surface area contributed by atoms with E-state index in [1.165, 1.54) is 11.3 Å². The first-order chi connectivity index (χ1) is 18.9. The van der Waals surface area contributed by atoms with Gasteiger partial charge in [0, 0.05) is 39.4 Å². The zero-order valence-electron chi connectivity index (χ0n) is 21.4. The number of amides is 1. The molecule has 3 aromatic rings. The van der Waals surface area contributed by atoms with E-state index in [9.17, 15) is 14.4 Å². The smallest absolute Gasteiger partial charge is 0.317 e. The first kappa shape index (κ1) is 25.6. The molecule has 0 unspecified atom stereocenters. The first-order valence-electron chi connectivity index (χ1n) is 12.8. The molecule has 1 amide bonds. The van der Waals surface area contributed by atoms with E-state index >= 15 is 0 Å². The number of ether oxygens (including phenoxy) is 3. The standard InChI is InChI=1S/C30H26ClNO6S/c1-3-36-30(35)28-20(25-5-4-10-39-25)13-22-27(29(28)34)19(17-7-9-23-24(11-17)38-15-37-23)14-26(33)32(22)18-8-6-16(2)21(31)12-18/h4-12,19-20,28H,3,13-15H2,1-2H3/t19-,20+,28+/m0/s1. The van der Waals surface area contributed by atoms with Crippen LogP contribution in [0.25, 0.3) is 0 Å². The molecule has 0 spiro atoms. The van der Waals surface area contributed by atoms with Gasteiger partial charge < -0.3 is 14.2 Å². The Morgan fingerprint density at radius 2 is 1.92 bits per heavy atom. The number of ketones is 1. The monoisotopic (exact) mass is 563 g/mol. The van der Waals surface area contributed by atoms with Crippen LogP contribution in [0.4, 0.5) is 5.69 Å². The van der Waals surface area contributed by atoms with Crippen molar-refractivity contribution in [2.45, 2.75) is 38.5 Å². The van der Waals surface area contributed by atoms with Crippen molar-refractivity contribution in [2.24, 2.45) is 5.92 Å². The first-order valence-corrected chi connectivity index (χ1v) is 14.1. The van der Waals surface area contributed by atoms with Crippen molar-refractivity contribution in [2.75, 3.05) is 18.3 Å². The van der Waals surface area contributed by atoms with Crippen molar-refractivity contribution in [1.82, 2.24) is 0 Å². The van der Waals surface area contributed by atoms with Gasteiger partial charge in [0.2, 0.25) is 12.7 Å². The maximum Gasteiger partial charge on any atom is 0.317 e. The van der Waals surface area contributed by atoms with Crippen molar-refractivity contribution >= 4 is 46.3 Å². The number of halogens is 1. The highest BCUT2D eigenvalue weighted by atomic mass is 35.5. The molecule has 3 aliphatic rings. The van der Waals surface area contributed by atoms with Gasteiger partial charge in [0.15, 0.2) is 17.3 Å². The Morgan fingerprint density at radius 1 is 1.10 bits per heavy atom. The van der Waals surface area contributed by atoms with E-state index in [1.807, 2.05) is 48.7 Å². The van der Waals surface area contributed by atoms with Gasteiger partial charge in [-0.3, -0.25) is 19.3 Å². The molecule has 7 nitrogen and oxygen atoms in total. The summed E-state index contributed by atoms with van der Waals surface area (Å²) in [5.41, 5.74) is 3.29. The second-order valence-electron chi connectivity index (χ2n) is 9.81. The Kier molecular flexibility index (Phi) is 6.69. The largest absolute Gasteiger partial charge is 0.465 e. The molecule has 6 rings (SSSR count). The average molecular weight is 564 g/mol. The lowest BCUT2D eigenvalue weighted by atomic mass is 9.69. The fraction of sp³-hybridized carbons (Fsp3) is 0.300. The number of Topliss-reactive ketones (excluding diaryl/α,β-unsaturated/α-hetero) is 1. The van der Waals surface area contributed by atoms with Crippen LogP contribution in [0.3, 0.4) is 0 Å². The molecule has 0 radical (unpaired) electrons. The van der Waals surface area contributed by atoms with E-state index in [0.717, 1.165) is 16.0 Å². The summed E-state index contributed by atoms with van der Waals surface area (Å²) in [6, 6.07) is 14.7. The molecule has 39 heavy (non-hydrogen) atoms. The van der Waals surface area contributed by atoms with E-state index in [1.54, 1.807) is 24.0 Å². The molecule has 1 aliphatic carbocycles. The molecule has 0 N–H and O–H groups in total. The van der Waals surface area contributed by atoms with Crippen molar-refractivity contribution in [3.8, 4) is 11.5 Å². The Hall–Kier alpha value is -3.62. The van der Waals surface area contributed by atoms with Gasteiger partial charge in [-0.05, 0) is 67.1 Å². The van der Waals surface area contributed by atoms with Gasteiger partial charge in [0.05, 0.1) is 12.3 Å².